The first-order valence-electron chi connectivity index (χ1n) is 7.41. The van der Waals surface area contributed by atoms with Gasteiger partial charge < -0.3 is 10.0 Å². The minimum atomic E-state index is -0.967. The van der Waals surface area contributed by atoms with Gasteiger partial charge in [-0.15, -0.1) is 11.8 Å². The molecule has 1 amide bonds. The summed E-state index contributed by atoms with van der Waals surface area (Å²) in [5, 5.41) is 9.43. The van der Waals surface area contributed by atoms with E-state index >= 15 is 0 Å². The average molecular weight is 327 g/mol. The highest BCUT2D eigenvalue weighted by molar-refractivity contribution is 8.00. The Hall–Kier alpha value is -2.27. The molecule has 0 saturated carbocycles. The van der Waals surface area contributed by atoms with Gasteiger partial charge >= 0.3 is 5.97 Å². The molecular weight excluding hydrogens is 310 g/mol. The van der Waals surface area contributed by atoms with Gasteiger partial charge in [-0.05, 0) is 11.1 Å². The molecule has 1 aliphatic heterocycles. The van der Waals surface area contributed by atoms with E-state index in [9.17, 15) is 14.7 Å². The Morgan fingerprint density at radius 1 is 1.13 bits per heavy atom. The molecular formula is C18H17NO3S. The van der Waals surface area contributed by atoms with Gasteiger partial charge in [0, 0.05) is 6.42 Å². The Bertz CT molecular complexity index is 690. The Morgan fingerprint density at radius 3 is 2.35 bits per heavy atom. The van der Waals surface area contributed by atoms with Crippen molar-refractivity contribution in [2.24, 2.45) is 0 Å². The first-order chi connectivity index (χ1) is 11.2. The molecule has 0 spiro atoms. The molecule has 0 aromatic heterocycles. The maximum absolute atomic E-state index is 12.3. The lowest BCUT2D eigenvalue weighted by atomic mass is 10.0. The molecule has 0 bridgehead atoms. The van der Waals surface area contributed by atoms with Crippen molar-refractivity contribution in [2.45, 2.75) is 17.8 Å². The lowest BCUT2D eigenvalue weighted by Crippen LogP contribution is -2.44. The maximum Gasteiger partial charge on any atom is 0.326 e. The number of nitrogens with zero attached hydrogens (tertiary/aromatic N) is 1. The number of carboxylic acids is 1. The summed E-state index contributed by atoms with van der Waals surface area (Å²) in [6.07, 6.45) is 0.311. The number of carbonyl (C=O) groups excluding carboxylic acids is 1. The number of hydrogen-bond acceptors (Lipinski definition) is 3. The predicted octanol–water partition coefficient (Wildman–Crippen LogP) is 2.96. The van der Waals surface area contributed by atoms with Crippen LogP contribution in [0.1, 0.15) is 16.5 Å². The molecule has 1 heterocycles. The normalized spacial score (nSPS) is 18.9. The SMILES string of the molecule is O=C(O)[C@H](Cc1ccccc1)N1C(=O)CSC1c1ccccc1. The number of carbonyl (C=O) groups is 2. The van der Waals surface area contributed by atoms with Crippen LogP contribution in [0.5, 0.6) is 0 Å². The average Bonchev–Trinajstić information content (AvgIpc) is 2.95. The minimum Gasteiger partial charge on any atom is -0.480 e. The standard InChI is InChI=1S/C18H17NO3S/c20-16-12-23-17(14-9-5-2-6-10-14)19(16)15(18(21)22)11-13-7-3-1-4-8-13/h1-10,15,17H,11-12H2,(H,21,22)/t15-,17?/m0/s1. The van der Waals surface area contributed by atoms with Crippen molar-refractivity contribution in [1.82, 2.24) is 4.90 Å². The summed E-state index contributed by atoms with van der Waals surface area (Å²) in [6, 6.07) is 18.2. The van der Waals surface area contributed by atoms with E-state index in [1.165, 1.54) is 16.7 Å². The van der Waals surface area contributed by atoms with Crippen molar-refractivity contribution in [3.05, 3.63) is 71.8 Å². The van der Waals surface area contributed by atoms with Gasteiger partial charge in [0.1, 0.15) is 11.4 Å². The van der Waals surface area contributed by atoms with E-state index in [-0.39, 0.29) is 11.3 Å². The Kier molecular flexibility index (Phi) is 4.67. The van der Waals surface area contributed by atoms with Crippen LogP contribution >= 0.6 is 11.8 Å². The molecule has 118 valence electrons. The van der Waals surface area contributed by atoms with E-state index in [0.717, 1.165) is 11.1 Å². The summed E-state index contributed by atoms with van der Waals surface area (Å²) in [5.41, 5.74) is 1.87. The van der Waals surface area contributed by atoms with Gasteiger partial charge in [0.05, 0.1) is 5.75 Å². The van der Waals surface area contributed by atoms with Crippen LogP contribution in [0.15, 0.2) is 60.7 Å². The highest BCUT2D eigenvalue weighted by Crippen LogP contribution is 2.40. The van der Waals surface area contributed by atoms with Gasteiger partial charge in [0.2, 0.25) is 5.91 Å². The van der Waals surface area contributed by atoms with Gasteiger partial charge in [-0.1, -0.05) is 60.7 Å². The molecule has 23 heavy (non-hydrogen) atoms. The molecule has 0 aliphatic carbocycles. The van der Waals surface area contributed by atoms with Crippen LogP contribution in [0.25, 0.3) is 0 Å². The molecule has 1 N–H and O–H groups in total. The minimum absolute atomic E-state index is 0.118. The predicted molar refractivity (Wildman–Crippen MR) is 90.1 cm³/mol. The van der Waals surface area contributed by atoms with Crippen molar-refractivity contribution in [1.29, 1.82) is 0 Å². The van der Waals surface area contributed by atoms with Crippen LogP contribution < -0.4 is 0 Å². The van der Waals surface area contributed by atoms with Crippen LogP contribution in [-0.2, 0) is 16.0 Å². The maximum atomic E-state index is 12.3. The zero-order valence-corrected chi connectivity index (χ0v) is 13.3. The third-order valence-electron chi connectivity index (χ3n) is 3.88. The highest BCUT2D eigenvalue weighted by atomic mass is 32.2. The second-order valence-corrected chi connectivity index (χ2v) is 6.49. The van der Waals surface area contributed by atoms with Crippen LogP contribution in [-0.4, -0.2) is 33.7 Å². The fraction of sp³-hybridized carbons (Fsp3) is 0.222. The molecule has 2 atom stereocenters. The monoisotopic (exact) mass is 327 g/mol. The van der Waals surface area contributed by atoms with E-state index in [1.54, 1.807) is 0 Å². The van der Waals surface area contributed by atoms with Crippen LogP contribution in [0.2, 0.25) is 0 Å². The summed E-state index contributed by atoms with van der Waals surface area (Å²) in [5.74, 6) is -0.768. The van der Waals surface area contributed by atoms with Crippen LogP contribution in [0.4, 0.5) is 0 Å². The lowest BCUT2D eigenvalue weighted by Gasteiger charge is -2.30. The van der Waals surface area contributed by atoms with Gasteiger partial charge in [0.25, 0.3) is 0 Å². The van der Waals surface area contributed by atoms with Crippen LogP contribution in [0.3, 0.4) is 0 Å². The first-order valence-corrected chi connectivity index (χ1v) is 8.46. The number of benzene rings is 2. The number of thioether (sulfide) groups is 1. The molecule has 1 unspecified atom stereocenters. The zero-order chi connectivity index (χ0) is 16.2. The molecule has 1 fully saturated rings. The number of rotatable bonds is 5. The lowest BCUT2D eigenvalue weighted by molar-refractivity contribution is -0.149. The highest BCUT2D eigenvalue weighted by Gasteiger charge is 2.40. The Labute approximate surface area is 139 Å². The first kappa shape index (κ1) is 15.6. The molecule has 0 radical (unpaired) electrons. The summed E-state index contributed by atoms with van der Waals surface area (Å²) < 4.78 is 0. The number of aliphatic carboxylic acids is 1. The Balaban J connectivity index is 1.90. The molecule has 1 aliphatic rings. The van der Waals surface area contributed by atoms with E-state index < -0.39 is 12.0 Å². The number of carboxylic acid groups (broad SMARTS) is 1. The molecule has 3 rings (SSSR count). The van der Waals surface area contributed by atoms with E-state index in [4.69, 9.17) is 0 Å². The topological polar surface area (TPSA) is 57.6 Å². The third kappa shape index (κ3) is 3.40. The zero-order valence-electron chi connectivity index (χ0n) is 12.5. The molecule has 2 aromatic carbocycles. The van der Waals surface area contributed by atoms with E-state index in [1.807, 2.05) is 60.7 Å². The van der Waals surface area contributed by atoms with Crippen molar-refractivity contribution in [3.8, 4) is 0 Å². The molecule has 1 saturated heterocycles. The summed E-state index contributed by atoms with van der Waals surface area (Å²) in [7, 11) is 0. The van der Waals surface area contributed by atoms with Crippen molar-refractivity contribution in [3.63, 3.8) is 0 Å². The van der Waals surface area contributed by atoms with Crippen molar-refractivity contribution < 1.29 is 14.7 Å². The van der Waals surface area contributed by atoms with Gasteiger partial charge in [-0.3, -0.25) is 4.79 Å². The third-order valence-corrected chi connectivity index (χ3v) is 5.11. The smallest absolute Gasteiger partial charge is 0.326 e. The molecule has 2 aromatic rings. The number of hydrogen-bond donors (Lipinski definition) is 1. The van der Waals surface area contributed by atoms with Gasteiger partial charge in [-0.2, -0.15) is 0 Å². The second kappa shape index (κ2) is 6.87. The largest absolute Gasteiger partial charge is 0.480 e. The van der Waals surface area contributed by atoms with E-state index in [2.05, 4.69) is 0 Å². The van der Waals surface area contributed by atoms with Gasteiger partial charge in [0.15, 0.2) is 0 Å². The molecule has 4 nitrogen and oxygen atoms in total. The summed E-state index contributed by atoms with van der Waals surface area (Å²) in [6.45, 7) is 0. The fourth-order valence-electron chi connectivity index (χ4n) is 2.79. The second-order valence-electron chi connectivity index (χ2n) is 5.42. The van der Waals surface area contributed by atoms with E-state index in [0.29, 0.717) is 12.2 Å². The molecule has 5 heteroatoms. The summed E-state index contributed by atoms with van der Waals surface area (Å²) in [4.78, 5) is 25.7. The van der Waals surface area contributed by atoms with Gasteiger partial charge in [-0.25, -0.2) is 4.79 Å². The van der Waals surface area contributed by atoms with Crippen molar-refractivity contribution in [2.75, 3.05) is 5.75 Å². The summed E-state index contributed by atoms with van der Waals surface area (Å²) >= 11 is 1.48. The fourth-order valence-corrected chi connectivity index (χ4v) is 4.01. The number of amides is 1. The quantitative estimate of drug-likeness (QED) is 0.917. The Morgan fingerprint density at radius 2 is 1.74 bits per heavy atom. The van der Waals surface area contributed by atoms with Crippen molar-refractivity contribution >= 4 is 23.6 Å². The van der Waals surface area contributed by atoms with Crippen LogP contribution in [0, 0.1) is 0 Å².